The molecule has 0 amide bonds. The third kappa shape index (κ3) is 2.71. The minimum Gasteiger partial charge on any atom is -0.317 e. The van der Waals surface area contributed by atoms with Crippen molar-refractivity contribution in [1.82, 2.24) is 15.1 Å². The molecule has 1 heterocycles. The van der Waals surface area contributed by atoms with Gasteiger partial charge in [0.2, 0.25) is 0 Å². The molecule has 13 heavy (non-hydrogen) atoms. The largest absolute Gasteiger partial charge is 0.317 e. The lowest BCUT2D eigenvalue weighted by molar-refractivity contribution is 0.479. The molecule has 4 heteroatoms. The van der Waals surface area contributed by atoms with Crippen molar-refractivity contribution in [2.45, 2.75) is 32.9 Å². The Morgan fingerprint density at radius 1 is 1.69 bits per heavy atom. The van der Waals surface area contributed by atoms with Crippen molar-refractivity contribution < 1.29 is 0 Å². The van der Waals surface area contributed by atoms with Gasteiger partial charge in [0, 0.05) is 12.6 Å². The fourth-order valence-corrected chi connectivity index (χ4v) is 1.25. The van der Waals surface area contributed by atoms with Gasteiger partial charge in [0.05, 0.1) is 16.9 Å². The van der Waals surface area contributed by atoms with Gasteiger partial charge < -0.3 is 5.32 Å². The maximum atomic E-state index is 5.88. The maximum Gasteiger partial charge on any atom is 0.0814 e. The maximum absolute atomic E-state index is 5.88. The molecule has 0 aliphatic rings. The van der Waals surface area contributed by atoms with Crippen LogP contribution in [0.2, 0.25) is 5.02 Å². The van der Waals surface area contributed by atoms with Crippen molar-refractivity contribution in [2.75, 3.05) is 7.05 Å². The predicted molar refractivity (Wildman–Crippen MR) is 55.1 cm³/mol. The summed E-state index contributed by atoms with van der Waals surface area (Å²) >= 11 is 5.88. The molecular formula is C9H16ClN3. The van der Waals surface area contributed by atoms with Crippen molar-refractivity contribution in [1.29, 1.82) is 0 Å². The average molecular weight is 202 g/mol. The third-order valence-corrected chi connectivity index (χ3v) is 2.68. The highest BCUT2D eigenvalue weighted by molar-refractivity contribution is 6.31. The summed E-state index contributed by atoms with van der Waals surface area (Å²) in [5, 5.41) is 8.11. The molecule has 3 nitrogen and oxygen atoms in total. The van der Waals surface area contributed by atoms with Gasteiger partial charge in [-0.25, -0.2) is 0 Å². The van der Waals surface area contributed by atoms with E-state index in [0.717, 1.165) is 23.7 Å². The minimum absolute atomic E-state index is 0.516. The van der Waals surface area contributed by atoms with E-state index in [1.807, 2.05) is 18.7 Å². The molecule has 1 aromatic rings. The third-order valence-electron chi connectivity index (χ3n) is 2.31. The highest BCUT2D eigenvalue weighted by atomic mass is 35.5. The monoisotopic (exact) mass is 201 g/mol. The second kappa shape index (κ2) is 4.63. The van der Waals surface area contributed by atoms with Gasteiger partial charge in [-0.15, -0.1) is 0 Å². The van der Waals surface area contributed by atoms with Gasteiger partial charge in [0.1, 0.15) is 0 Å². The fraction of sp³-hybridized carbons (Fsp3) is 0.667. The zero-order valence-corrected chi connectivity index (χ0v) is 9.10. The number of nitrogens with zero attached hydrogens (tertiary/aromatic N) is 2. The molecule has 0 fully saturated rings. The first-order valence-corrected chi connectivity index (χ1v) is 4.88. The van der Waals surface area contributed by atoms with E-state index in [2.05, 4.69) is 17.3 Å². The molecular weight excluding hydrogens is 186 g/mol. The summed E-state index contributed by atoms with van der Waals surface area (Å²) in [6.07, 6.45) is 2.76. The molecule has 1 rings (SSSR count). The van der Waals surface area contributed by atoms with Crippen LogP contribution in [0.3, 0.4) is 0 Å². The normalized spacial score (nSPS) is 13.2. The quantitative estimate of drug-likeness (QED) is 0.806. The molecule has 1 aromatic heterocycles. The SMILES string of the molecule is CNC(C)CCn1ncc(Cl)c1C. The van der Waals surface area contributed by atoms with Crippen molar-refractivity contribution in [3.05, 3.63) is 16.9 Å². The van der Waals surface area contributed by atoms with Crippen molar-refractivity contribution in [3.63, 3.8) is 0 Å². The highest BCUT2D eigenvalue weighted by Crippen LogP contribution is 2.13. The summed E-state index contributed by atoms with van der Waals surface area (Å²) in [7, 11) is 1.97. The van der Waals surface area contributed by atoms with Crippen LogP contribution in [0, 0.1) is 6.92 Å². The Morgan fingerprint density at radius 3 is 2.85 bits per heavy atom. The number of halogens is 1. The van der Waals surface area contributed by atoms with Gasteiger partial charge in [-0.3, -0.25) is 4.68 Å². The van der Waals surface area contributed by atoms with E-state index in [4.69, 9.17) is 11.6 Å². The smallest absolute Gasteiger partial charge is 0.0814 e. The first-order valence-electron chi connectivity index (χ1n) is 4.50. The van der Waals surface area contributed by atoms with Gasteiger partial charge in [-0.05, 0) is 27.3 Å². The summed E-state index contributed by atoms with van der Waals surface area (Å²) in [6, 6.07) is 0.516. The van der Waals surface area contributed by atoms with Crippen LogP contribution in [0.15, 0.2) is 6.20 Å². The van der Waals surface area contributed by atoms with Gasteiger partial charge in [-0.1, -0.05) is 11.6 Å². The molecule has 1 N–H and O–H groups in total. The molecule has 0 bridgehead atoms. The molecule has 0 radical (unpaired) electrons. The topological polar surface area (TPSA) is 29.9 Å². The zero-order chi connectivity index (χ0) is 9.84. The predicted octanol–water partition coefficient (Wildman–Crippen LogP) is 1.84. The number of rotatable bonds is 4. The van der Waals surface area contributed by atoms with Crippen LogP contribution in [-0.4, -0.2) is 22.9 Å². The van der Waals surface area contributed by atoms with Gasteiger partial charge in [0.15, 0.2) is 0 Å². The minimum atomic E-state index is 0.516. The van der Waals surface area contributed by atoms with Crippen LogP contribution >= 0.6 is 11.6 Å². The average Bonchev–Trinajstić information content (AvgIpc) is 2.44. The van der Waals surface area contributed by atoms with Crippen molar-refractivity contribution in [2.24, 2.45) is 0 Å². The molecule has 0 saturated carbocycles. The van der Waals surface area contributed by atoms with Crippen LogP contribution in [0.4, 0.5) is 0 Å². The second-order valence-corrected chi connectivity index (χ2v) is 3.69. The van der Waals surface area contributed by atoms with Crippen LogP contribution in [-0.2, 0) is 6.54 Å². The first kappa shape index (κ1) is 10.5. The van der Waals surface area contributed by atoms with E-state index >= 15 is 0 Å². The first-order chi connectivity index (χ1) is 6.15. The lowest BCUT2D eigenvalue weighted by atomic mass is 10.2. The standard InChI is InChI=1S/C9H16ClN3/c1-7(11-3)4-5-13-8(2)9(10)6-12-13/h6-7,11H,4-5H2,1-3H3. The van der Waals surface area contributed by atoms with E-state index in [0.29, 0.717) is 6.04 Å². The Balaban J connectivity index is 2.50. The van der Waals surface area contributed by atoms with E-state index in [1.165, 1.54) is 0 Å². The Bertz CT molecular complexity index is 270. The Hall–Kier alpha value is -0.540. The molecule has 74 valence electrons. The van der Waals surface area contributed by atoms with Crippen LogP contribution < -0.4 is 5.32 Å². The lowest BCUT2D eigenvalue weighted by Crippen LogP contribution is -2.23. The highest BCUT2D eigenvalue weighted by Gasteiger charge is 2.04. The van der Waals surface area contributed by atoms with Gasteiger partial charge >= 0.3 is 0 Å². The molecule has 0 spiro atoms. The Labute approximate surface area is 84.1 Å². The lowest BCUT2D eigenvalue weighted by Gasteiger charge is -2.10. The summed E-state index contributed by atoms with van der Waals surface area (Å²) < 4.78 is 1.94. The fourth-order valence-electron chi connectivity index (χ4n) is 1.11. The number of aromatic nitrogens is 2. The number of hydrogen-bond acceptors (Lipinski definition) is 2. The number of aryl methyl sites for hydroxylation is 1. The van der Waals surface area contributed by atoms with Crippen LogP contribution in [0.25, 0.3) is 0 Å². The van der Waals surface area contributed by atoms with Crippen molar-refractivity contribution >= 4 is 11.6 Å². The van der Waals surface area contributed by atoms with E-state index in [-0.39, 0.29) is 0 Å². The summed E-state index contributed by atoms with van der Waals surface area (Å²) in [5.74, 6) is 0. The van der Waals surface area contributed by atoms with Crippen molar-refractivity contribution in [3.8, 4) is 0 Å². The van der Waals surface area contributed by atoms with Crippen LogP contribution in [0.5, 0.6) is 0 Å². The Morgan fingerprint density at radius 2 is 2.38 bits per heavy atom. The summed E-state index contributed by atoms with van der Waals surface area (Å²) in [4.78, 5) is 0. The zero-order valence-electron chi connectivity index (χ0n) is 8.34. The number of nitrogens with one attached hydrogen (secondary N) is 1. The van der Waals surface area contributed by atoms with Gasteiger partial charge in [-0.2, -0.15) is 5.10 Å². The van der Waals surface area contributed by atoms with Crippen LogP contribution in [0.1, 0.15) is 19.0 Å². The molecule has 0 aliphatic carbocycles. The molecule has 1 atom stereocenters. The van der Waals surface area contributed by atoms with E-state index in [1.54, 1.807) is 6.20 Å². The Kier molecular flexibility index (Phi) is 3.75. The van der Waals surface area contributed by atoms with E-state index in [9.17, 15) is 0 Å². The molecule has 0 saturated heterocycles. The second-order valence-electron chi connectivity index (χ2n) is 3.28. The summed E-state index contributed by atoms with van der Waals surface area (Å²) in [6.45, 7) is 5.06. The molecule has 0 aliphatic heterocycles. The van der Waals surface area contributed by atoms with Gasteiger partial charge in [0.25, 0.3) is 0 Å². The molecule has 1 unspecified atom stereocenters. The van der Waals surface area contributed by atoms with E-state index < -0.39 is 0 Å². The number of hydrogen-bond donors (Lipinski definition) is 1. The summed E-state index contributed by atoms with van der Waals surface area (Å²) in [5.41, 5.74) is 1.05. The molecule has 0 aromatic carbocycles.